The van der Waals surface area contributed by atoms with E-state index in [1.807, 2.05) is 30.6 Å². The van der Waals surface area contributed by atoms with Crippen LogP contribution in [-0.2, 0) is 19.1 Å². The molecule has 0 aromatic heterocycles. The average molecular weight is 396 g/mol. The number of ether oxygens (including phenoxy) is 2. The predicted molar refractivity (Wildman–Crippen MR) is 103 cm³/mol. The van der Waals surface area contributed by atoms with Crippen LogP contribution in [0.5, 0.6) is 0 Å². The summed E-state index contributed by atoms with van der Waals surface area (Å²) in [6.07, 6.45) is 2.66. The molecule has 8 heteroatoms. The molecule has 3 amide bonds. The molecule has 0 aliphatic carbocycles. The lowest BCUT2D eigenvalue weighted by atomic mass is 9.96. The first-order valence-corrected chi connectivity index (χ1v) is 10.4. The Bertz CT molecular complexity index is 589. The topological polar surface area (TPSA) is 79.4 Å². The van der Waals surface area contributed by atoms with Gasteiger partial charge in [0.05, 0.1) is 5.92 Å². The molecule has 2 atom stereocenters. The van der Waals surface area contributed by atoms with Crippen LogP contribution < -0.4 is 0 Å². The Morgan fingerprint density at radius 2 is 1.50 bits per heavy atom. The van der Waals surface area contributed by atoms with Crippen molar-refractivity contribution in [1.82, 2.24) is 14.7 Å². The Morgan fingerprint density at radius 1 is 0.857 bits per heavy atom. The van der Waals surface area contributed by atoms with Gasteiger partial charge in [-0.05, 0) is 46.5 Å². The number of hydrogen-bond acceptors (Lipinski definition) is 5. The first-order chi connectivity index (χ1) is 13.2. The van der Waals surface area contributed by atoms with Crippen LogP contribution in [-0.4, -0.2) is 90.2 Å². The van der Waals surface area contributed by atoms with Gasteiger partial charge < -0.3 is 24.2 Å². The number of piperidine rings is 1. The van der Waals surface area contributed by atoms with Gasteiger partial charge in [-0.3, -0.25) is 9.59 Å². The second-order valence-electron chi connectivity index (χ2n) is 8.92. The molecule has 0 aromatic carbocycles. The van der Waals surface area contributed by atoms with E-state index in [0.29, 0.717) is 45.9 Å². The number of carbonyl (C=O) groups excluding carboxylic acids is 3. The fourth-order valence-electron chi connectivity index (χ4n) is 4.05. The zero-order valence-electron chi connectivity index (χ0n) is 17.3. The second kappa shape index (κ2) is 8.68. The highest BCUT2D eigenvalue weighted by Crippen LogP contribution is 2.22. The van der Waals surface area contributed by atoms with Crippen molar-refractivity contribution in [3.63, 3.8) is 0 Å². The average Bonchev–Trinajstić information content (AvgIpc) is 3.20. The van der Waals surface area contributed by atoms with Crippen molar-refractivity contribution in [3.8, 4) is 0 Å². The summed E-state index contributed by atoms with van der Waals surface area (Å²) in [5.41, 5.74) is -0.542. The molecule has 0 N–H and O–H groups in total. The fourth-order valence-corrected chi connectivity index (χ4v) is 4.05. The second-order valence-corrected chi connectivity index (χ2v) is 8.92. The SMILES string of the molecule is CC(C)(C)OC(=O)N1CCCC(C(=O)N2CCN(C(=O)C3CCCO3)CC2)C1. The van der Waals surface area contributed by atoms with Crippen LogP contribution in [0.2, 0.25) is 0 Å². The van der Waals surface area contributed by atoms with Crippen molar-refractivity contribution in [1.29, 1.82) is 0 Å². The van der Waals surface area contributed by atoms with Gasteiger partial charge in [-0.2, -0.15) is 0 Å². The van der Waals surface area contributed by atoms with Crippen LogP contribution >= 0.6 is 0 Å². The summed E-state index contributed by atoms with van der Waals surface area (Å²) in [7, 11) is 0. The first-order valence-electron chi connectivity index (χ1n) is 10.4. The van der Waals surface area contributed by atoms with Gasteiger partial charge in [0.2, 0.25) is 5.91 Å². The number of hydrogen-bond donors (Lipinski definition) is 0. The van der Waals surface area contributed by atoms with E-state index in [1.54, 1.807) is 4.90 Å². The zero-order valence-corrected chi connectivity index (χ0v) is 17.3. The lowest BCUT2D eigenvalue weighted by Gasteiger charge is -2.39. The predicted octanol–water partition coefficient (Wildman–Crippen LogP) is 1.48. The molecule has 3 saturated heterocycles. The van der Waals surface area contributed by atoms with Crippen LogP contribution in [0.4, 0.5) is 4.79 Å². The minimum absolute atomic E-state index is 0.0540. The van der Waals surface area contributed by atoms with Crippen molar-refractivity contribution < 1.29 is 23.9 Å². The fraction of sp³-hybridized carbons (Fsp3) is 0.850. The monoisotopic (exact) mass is 395 g/mol. The molecule has 158 valence electrons. The van der Waals surface area contributed by atoms with Crippen molar-refractivity contribution in [2.75, 3.05) is 45.9 Å². The largest absolute Gasteiger partial charge is 0.444 e. The van der Waals surface area contributed by atoms with Gasteiger partial charge in [-0.15, -0.1) is 0 Å². The molecule has 28 heavy (non-hydrogen) atoms. The van der Waals surface area contributed by atoms with Gasteiger partial charge in [-0.1, -0.05) is 0 Å². The maximum absolute atomic E-state index is 13.0. The van der Waals surface area contributed by atoms with Gasteiger partial charge in [-0.25, -0.2) is 4.79 Å². The van der Waals surface area contributed by atoms with Gasteiger partial charge >= 0.3 is 6.09 Å². The molecule has 3 aliphatic heterocycles. The van der Waals surface area contributed by atoms with Gasteiger partial charge in [0.1, 0.15) is 11.7 Å². The molecule has 0 radical (unpaired) electrons. The van der Waals surface area contributed by atoms with Crippen LogP contribution in [0.1, 0.15) is 46.5 Å². The highest BCUT2D eigenvalue weighted by molar-refractivity contribution is 5.83. The minimum Gasteiger partial charge on any atom is -0.444 e. The van der Waals surface area contributed by atoms with E-state index in [-0.39, 0.29) is 29.9 Å². The Balaban J connectivity index is 1.49. The third kappa shape index (κ3) is 5.16. The van der Waals surface area contributed by atoms with E-state index in [9.17, 15) is 14.4 Å². The van der Waals surface area contributed by atoms with E-state index in [2.05, 4.69) is 0 Å². The summed E-state index contributed by atoms with van der Waals surface area (Å²) in [5, 5.41) is 0. The summed E-state index contributed by atoms with van der Waals surface area (Å²) in [6, 6.07) is 0. The summed E-state index contributed by atoms with van der Waals surface area (Å²) >= 11 is 0. The molecule has 0 bridgehead atoms. The summed E-state index contributed by atoms with van der Waals surface area (Å²) in [6.45, 7) is 9.40. The molecule has 3 rings (SSSR count). The van der Waals surface area contributed by atoms with Gasteiger partial charge in [0.15, 0.2) is 0 Å². The number of likely N-dealkylation sites (tertiary alicyclic amines) is 1. The maximum Gasteiger partial charge on any atom is 0.410 e. The van der Waals surface area contributed by atoms with Crippen LogP contribution in [0, 0.1) is 5.92 Å². The highest BCUT2D eigenvalue weighted by atomic mass is 16.6. The Labute approximate surface area is 167 Å². The molecular formula is C20H33N3O5. The van der Waals surface area contributed by atoms with Gasteiger partial charge in [0, 0.05) is 45.9 Å². The summed E-state index contributed by atoms with van der Waals surface area (Å²) in [5.74, 6) is -0.0578. The smallest absolute Gasteiger partial charge is 0.410 e. The molecule has 2 unspecified atom stereocenters. The van der Waals surface area contributed by atoms with Crippen LogP contribution in [0.15, 0.2) is 0 Å². The zero-order chi connectivity index (χ0) is 20.3. The summed E-state index contributed by atoms with van der Waals surface area (Å²) in [4.78, 5) is 43.0. The standard InChI is InChI=1S/C20H33N3O5/c1-20(2,3)28-19(26)23-8-4-6-15(14-23)17(24)21-9-11-22(12-10-21)18(25)16-7-5-13-27-16/h15-16H,4-14H2,1-3H3. The molecule has 0 spiro atoms. The van der Waals surface area contributed by atoms with Crippen molar-refractivity contribution in [2.45, 2.75) is 58.2 Å². The number of carbonyl (C=O) groups is 3. The Morgan fingerprint density at radius 3 is 2.07 bits per heavy atom. The van der Waals surface area contributed by atoms with Crippen LogP contribution in [0.3, 0.4) is 0 Å². The lowest BCUT2D eigenvalue weighted by molar-refractivity contribution is -0.147. The van der Waals surface area contributed by atoms with E-state index >= 15 is 0 Å². The molecule has 0 saturated carbocycles. The Kier molecular flexibility index (Phi) is 6.47. The van der Waals surface area contributed by atoms with E-state index < -0.39 is 5.60 Å². The van der Waals surface area contributed by atoms with E-state index in [0.717, 1.165) is 25.7 Å². The normalized spacial score (nSPS) is 26.3. The molecule has 3 fully saturated rings. The molecule has 8 nitrogen and oxygen atoms in total. The number of amides is 3. The molecule has 3 heterocycles. The van der Waals surface area contributed by atoms with Crippen molar-refractivity contribution >= 4 is 17.9 Å². The van der Waals surface area contributed by atoms with Crippen molar-refractivity contribution in [3.05, 3.63) is 0 Å². The first kappa shape index (κ1) is 20.9. The van der Waals surface area contributed by atoms with E-state index in [1.165, 1.54) is 0 Å². The van der Waals surface area contributed by atoms with E-state index in [4.69, 9.17) is 9.47 Å². The molecule has 0 aromatic rings. The van der Waals surface area contributed by atoms with Gasteiger partial charge in [0.25, 0.3) is 5.91 Å². The number of rotatable bonds is 2. The number of piperazine rings is 1. The highest BCUT2D eigenvalue weighted by Gasteiger charge is 2.36. The third-order valence-corrected chi connectivity index (χ3v) is 5.53. The molecular weight excluding hydrogens is 362 g/mol. The quantitative estimate of drug-likeness (QED) is 0.708. The lowest BCUT2D eigenvalue weighted by Crippen LogP contribution is -2.55. The minimum atomic E-state index is -0.542. The number of nitrogens with zero attached hydrogens (tertiary/aromatic N) is 3. The molecule has 3 aliphatic rings. The maximum atomic E-state index is 13.0. The third-order valence-electron chi connectivity index (χ3n) is 5.53. The summed E-state index contributed by atoms with van der Waals surface area (Å²) < 4.78 is 10.9. The van der Waals surface area contributed by atoms with Crippen molar-refractivity contribution in [2.24, 2.45) is 5.92 Å². The Hall–Kier alpha value is -1.83. The van der Waals surface area contributed by atoms with Crippen LogP contribution in [0.25, 0.3) is 0 Å².